The van der Waals surface area contributed by atoms with E-state index in [1.54, 1.807) is 0 Å². The number of hydrogen-bond donors (Lipinski definition) is 1. The normalized spacial score (nSPS) is 12.3. The molecule has 0 saturated carbocycles. The summed E-state index contributed by atoms with van der Waals surface area (Å²) >= 11 is 0. The Kier molecular flexibility index (Phi) is 26.2. The van der Waals surface area contributed by atoms with E-state index in [9.17, 15) is 14.7 Å². The van der Waals surface area contributed by atoms with Gasteiger partial charge < -0.3 is 9.84 Å². The Hall–Kier alpha value is -1.32. The molecule has 0 fully saturated rings. The van der Waals surface area contributed by atoms with Crippen LogP contribution in [0.3, 0.4) is 0 Å². The van der Waals surface area contributed by atoms with Gasteiger partial charge in [-0.05, 0) is 38.5 Å². The summed E-state index contributed by atoms with van der Waals surface area (Å²) in [6, 6.07) is 0. The number of carbonyl (C=O) groups is 2. The van der Waals surface area contributed by atoms with Crippen molar-refractivity contribution in [2.24, 2.45) is 5.92 Å². The highest BCUT2D eigenvalue weighted by Crippen LogP contribution is 2.17. The number of esters is 1. The topological polar surface area (TPSA) is 63.6 Å². The van der Waals surface area contributed by atoms with Gasteiger partial charge in [0.15, 0.2) is 0 Å². The summed E-state index contributed by atoms with van der Waals surface area (Å²) in [6.45, 7) is 4.58. The van der Waals surface area contributed by atoms with Crippen LogP contribution < -0.4 is 0 Å². The Labute approximate surface area is 217 Å². The number of unbranched alkanes of at least 4 members (excludes halogenated alkanes) is 18. The molecule has 0 aromatic rings. The van der Waals surface area contributed by atoms with Gasteiger partial charge in [0.2, 0.25) is 0 Å². The van der Waals surface area contributed by atoms with Crippen molar-refractivity contribution in [2.75, 3.05) is 6.61 Å². The lowest BCUT2D eigenvalue weighted by Gasteiger charge is -2.11. The summed E-state index contributed by atoms with van der Waals surface area (Å²) in [5, 5.41) is 9.30. The van der Waals surface area contributed by atoms with Gasteiger partial charge in [-0.25, -0.2) is 0 Å². The highest BCUT2D eigenvalue weighted by Gasteiger charge is 2.21. The molecular formula is C31H58O4. The lowest BCUT2D eigenvalue weighted by molar-refractivity contribution is -0.151. The molecular weight excluding hydrogens is 436 g/mol. The van der Waals surface area contributed by atoms with Crippen LogP contribution in [0.2, 0.25) is 0 Å². The average molecular weight is 495 g/mol. The molecule has 4 nitrogen and oxygen atoms in total. The van der Waals surface area contributed by atoms with E-state index in [0.717, 1.165) is 38.5 Å². The molecule has 0 aromatic heterocycles. The van der Waals surface area contributed by atoms with Crippen LogP contribution in [-0.4, -0.2) is 23.7 Å². The SMILES string of the molecule is CCCCCCCCCCCCCCCC/C=C/CCCCCCC(CC(=O)OCCC)C(=O)O. The lowest BCUT2D eigenvalue weighted by atomic mass is 9.97. The largest absolute Gasteiger partial charge is 0.481 e. The van der Waals surface area contributed by atoms with Gasteiger partial charge in [0.1, 0.15) is 0 Å². The zero-order chi connectivity index (χ0) is 25.8. The van der Waals surface area contributed by atoms with Crippen molar-refractivity contribution in [3.05, 3.63) is 12.2 Å². The molecule has 0 amide bonds. The molecule has 0 bridgehead atoms. The van der Waals surface area contributed by atoms with E-state index < -0.39 is 11.9 Å². The molecule has 0 aliphatic rings. The van der Waals surface area contributed by atoms with Crippen LogP contribution in [-0.2, 0) is 14.3 Å². The molecule has 4 heteroatoms. The van der Waals surface area contributed by atoms with E-state index >= 15 is 0 Å². The van der Waals surface area contributed by atoms with Crippen molar-refractivity contribution >= 4 is 11.9 Å². The monoisotopic (exact) mass is 494 g/mol. The van der Waals surface area contributed by atoms with Gasteiger partial charge in [-0.3, -0.25) is 9.59 Å². The third-order valence-electron chi connectivity index (χ3n) is 6.79. The number of carbonyl (C=O) groups excluding carboxylic acids is 1. The fourth-order valence-corrected chi connectivity index (χ4v) is 4.49. The number of aliphatic carboxylic acids is 1. The molecule has 35 heavy (non-hydrogen) atoms. The number of ether oxygens (including phenoxy) is 1. The van der Waals surface area contributed by atoms with Gasteiger partial charge in [0.05, 0.1) is 18.9 Å². The first-order valence-electron chi connectivity index (χ1n) is 15.1. The quantitative estimate of drug-likeness (QED) is 0.0701. The summed E-state index contributed by atoms with van der Waals surface area (Å²) in [6.07, 6.45) is 32.2. The van der Waals surface area contributed by atoms with Crippen molar-refractivity contribution < 1.29 is 19.4 Å². The molecule has 206 valence electrons. The molecule has 0 aliphatic carbocycles. The Morgan fingerprint density at radius 2 is 1.06 bits per heavy atom. The molecule has 0 spiro atoms. The summed E-state index contributed by atoms with van der Waals surface area (Å²) < 4.78 is 5.01. The zero-order valence-electron chi connectivity index (χ0n) is 23.4. The van der Waals surface area contributed by atoms with E-state index in [1.165, 1.54) is 96.3 Å². The van der Waals surface area contributed by atoms with Crippen molar-refractivity contribution in [3.8, 4) is 0 Å². The smallest absolute Gasteiger partial charge is 0.307 e. The van der Waals surface area contributed by atoms with Crippen LogP contribution in [0.4, 0.5) is 0 Å². The first kappa shape index (κ1) is 33.7. The van der Waals surface area contributed by atoms with Crippen LogP contribution in [0, 0.1) is 5.92 Å². The summed E-state index contributed by atoms with van der Waals surface area (Å²) in [7, 11) is 0. The molecule has 1 unspecified atom stereocenters. The second kappa shape index (κ2) is 27.3. The summed E-state index contributed by atoms with van der Waals surface area (Å²) in [4.78, 5) is 23.0. The van der Waals surface area contributed by atoms with Gasteiger partial charge in [0.25, 0.3) is 0 Å². The standard InChI is InChI=1S/C31H58O4/c1-3-5-6-7-8-9-10-11-12-13-14-15-16-17-18-19-20-21-22-23-24-25-26-29(31(33)34)28-30(32)35-27-4-2/h19-20,29H,3-18,21-28H2,1-2H3,(H,33,34)/b20-19+. The second-order valence-electron chi connectivity index (χ2n) is 10.3. The fourth-order valence-electron chi connectivity index (χ4n) is 4.49. The minimum atomic E-state index is -0.884. The van der Waals surface area contributed by atoms with Crippen molar-refractivity contribution in [3.63, 3.8) is 0 Å². The maximum absolute atomic E-state index is 11.6. The summed E-state index contributed by atoms with van der Waals surface area (Å²) in [5.41, 5.74) is 0. The van der Waals surface area contributed by atoms with Crippen LogP contribution >= 0.6 is 0 Å². The molecule has 0 aromatic carbocycles. The van der Waals surface area contributed by atoms with Crippen LogP contribution in [0.5, 0.6) is 0 Å². The van der Waals surface area contributed by atoms with Gasteiger partial charge in [-0.1, -0.05) is 129 Å². The molecule has 0 saturated heterocycles. The highest BCUT2D eigenvalue weighted by molar-refractivity contribution is 5.78. The molecule has 0 radical (unpaired) electrons. The number of allylic oxidation sites excluding steroid dienone is 2. The van der Waals surface area contributed by atoms with E-state index in [2.05, 4.69) is 19.1 Å². The van der Waals surface area contributed by atoms with Gasteiger partial charge >= 0.3 is 11.9 Å². The minimum absolute atomic E-state index is 0.00265. The molecule has 0 rings (SSSR count). The first-order chi connectivity index (χ1) is 17.1. The van der Waals surface area contributed by atoms with Crippen molar-refractivity contribution in [1.82, 2.24) is 0 Å². The minimum Gasteiger partial charge on any atom is -0.481 e. The predicted molar refractivity (Wildman–Crippen MR) is 149 cm³/mol. The lowest BCUT2D eigenvalue weighted by Crippen LogP contribution is -2.19. The second-order valence-corrected chi connectivity index (χ2v) is 10.3. The molecule has 0 aliphatic heterocycles. The third-order valence-corrected chi connectivity index (χ3v) is 6.79. The van der Waals surface area contributed by atoms with Crippen LogP contribution in [0.25, 0.3) is 0 Å². The van der Waals surface area contributed by atoms with E-state index in [1.807, 2.05) is 6.92 Å². The Bertz CT molecular complexity index is 500. The number of hydrogen-bond acceptors (Lipinski definition) is 3. The summed E-state index contributed by atoms with van der Waals surface area (Å²) in [5.74, 6) is -1.88. The average Bonchev–Trinajstić information content (AvgIpc) is 2.84. The van der Waals surface area contributed by atoms with Gasteiger partial charge in [-0.2, -0.15) is 0 Å². The molecule has 1 atom stereocenters. The van der Waals surface area contributed by atoms with E-state index in [0.29, 0.717) is 13.0 Å². The number of carboxylic acid groups (broad SMARTS) is 1. The Morgan fingerprint density at radius 1 is 0.629 bits per heavy atom. The van der Waals surface area contributed by atoms with E-state index in [-0.39, 0.29) is 12.4 Å². The van der Waals surface area contributed by atoms with Crippen molar-refractivity contribution in [1.29, 1.82) is 0 Å². The molecule has 1 N–H and O–H groups in total. The fraction of sp³-hybridized carbons (Fsp3) is 0.871. The third kappa shape index (κ3) is 25.6. The number of rotatable bonds is 27. The van der Waals surface area contributed by atoms with Crippen LogP contribution in [0.15, 0.2) is 12.2 Å². The van der Waals surface area contributed by atoms with Crippen LogP contribution in [0.1, 0.15) is 162 Å². The maximum atomic E-state index is 11.6. The Balaban J connectivity index is 3.40. The first-order valence-corrected chi connectivity index (χ1v) is 15.1. The zero-order valence-corrected chi connectivity index (χ0v) is 23.4. The predicted octanol–water partition coefficient (Wildman–Crippen LogP) is 9.80. The maximum Gasteiger partial charge on any atom is 0.307 e. The number of carboxylic acids is 1. The Morgan fingerprint density at radius 3 is 1.49 bits per heavy atom. The molecule has 0 heterocycles. The highest BCUT2D eigenvalue weighted by atomic mass is 16.5. The van der Waals surface area contributed by atoms with Gasteiger partial charge in [-0.15, -0.1) is 0 Å². The van der Waals surface area contributed by atoms with Crippen molar-refractivity contribution in [2.45, 2.75) is 162 Å². The van der Waals surface area contributed by atoms with E-state index in [4.69, 9.17) is 4.74 Å². The van der Waals surface area contributed by atoms with Gasteiger partial charge in [0, 0.05) is 0 Å².